The number of carboxylic acid groups (broad SMARTS) is 2. The Balaban J connectivity index is 0.000000474. The summed E-state index contributed by atoms with van der Waals surface area (Å²) in [5, 5.41) is 20.5. The van der Waals surface area contributed by atoms with Crippen LogP contribution in [0.5, 0.6) is 11.5 Å². The number of hydrogen-bond donors (Lipinski definition) is 0. The van der Waals surface area contributed by atoms with E-state index in [1.807, 2.05) is 146 Å². The molecule has 8 aromatic heterocycles. The van der Waals surface area contributed by atoms with E-state index in [2.05, 4.69) is 39.9 Å². The van der Waals surface area contributed by atoms with E-state index in [0.29, 0.717) is 11.5 Å². The van der Waals surface area contributed by atoms with E-state index in [1.165, 1.54) is 38.5 Å². The van der Waals surface area contributed by atoms with Crippen molar-refractivity contribution in [1.29, 1.82) is 0 Å². The molecule has 0 spiro atoms. The third-order valence-corrected chi connectivity index (χ3v) is 9.02. The number of nitrogens with zero attached hydrogens (tertiary/aromatic N) is 8. The zero-order valence-corrected chi connectivity index (χ0v) is 46.8. The Morgan fingerprint density at radius 1 is 0.293 bits per heavy atom. The molecule has 0 atom stereocenters. The van der Waals surface area contributed by atoms with E-state index in [-0.39, 0.29) is 45.3 Å². The fourth-order valence-corrected chi connectivity index (χ4v) is 5.57. The first kappa shape index (κ1) is 71.5. The summed E-state index contributed by atoms with van der Waals surface area (Å²) in [7, 11) is -6.85. The first-order chi connectivity index (χ1) is 38.3. The zero-order chi connectivity index (χ0) is 58.4. The Hall–Kier alpha value is -8.52. The number of rotatable bonds is 8. The van der Waals surface area contributed by atoms with Crippen LogP contribution < -0.4 is 57.0 Å². The molecule has 0 unspecified atom stereocenters. The Morgan fingerprint density at radius 2 is 0.439 bits per heavy atom. The van der Waals surface area contributed by atoms with E-state index >= 15 is 0 Å². The van der Waals surface area contributed by atoms with Gasteiger partial charge >= 0.3 is 34.1 Å². The van der Waals surface area contributed by atoms with Crippen molar-refractivity contribution in [1.82, 2.24) is 39.9 Å². The molecule has 0 saturated carbocycles. The van der Waals surface area contributed by atoms with Gasteiger partial charge in [0.15, 0.2) is 0 Å². The van der Waals surface area contributed by atoms with Crippen LogP contribution in [0.15, 0.2) is 244 Å². The van der Waals surface area contributed by atoms with Crippen molar-refractivity contribution < 1.29 is 121 Å². The molecule has 0 amide bonds. The normalized spacial score (nSPS) is 9.59. The summed E-state index contributed by atoms with van der Waals surface area (Å²) in [4.78, 5) is 54.0. The van der Waals surface area contributed by atoms with Gasteiger partial charge in [0.25, 0.3) is 0 Å². The molecule has 2 aromatic carbocycles. The fraction of sp³-hybridized carbons (Fsp3) is 0.0357. The number of carbonyl (C=O) groups excluding carboxylic acids is 2. The molecule has 0 aliphatic carbocycles. The molecule has 8 heterocycles. The van der Waals surface area contributed by atoms with Crippen molar-refractivity contribution in [3.8, 4) is 57.1 Å². The van der Waals surface area contributed by atoms with E-state index in [0.717, 1.165) is 45.6 Å². The molecular weight excluding hydrogens is 1190 g/mol. The summed E-state index contributed by atoms with van der Waals surface area (Å²) >= 11 is 0. The zero-order valence-electron chi connectivity index (χ0n) is 42.9. The van der Waals surface area contributed by atoms with Crippen LogP contribution in [-0.2, 0) is 34.1 Å². The second kappa shape index (κ2) is 40.6. The third kappa shape index (κ3) is 33.2. The molecule has 0 N–H and O–H groups in total. The number of carbonyl (C=O) groups is 2. The number of methoxy groups -OCH3 is 2. The van der Waals surface area contributed by atoms with E-state index in [4.69, 9.17) is 46.7 Å². The molecule has 0 fully saturated rings. The quantitative estimate of drug-likeness (QED) is 0.168. The van der Waals surface area contributed by atoms with Crippen LogP contribution in [0.2, 0.25) is 0 Å². The van der Waals surface area contributed by atoms with Crippen LogP contribution in [0.4, 0.5) is 0 Å². The first-order valence-electron chi connectivity index (χ1n) is 22.6. The molecule has 82 heavy (non-hydrogen) atoms. The average molecular weight is 1240 g/mol. The van der Waals surface area contributed by atoms with Crippen molar-refractivity contribution in [2.45, 2.75) is 0 Å². The van der Waals surface area contributed by atoms with Gasteiger partial charge in [-0.15, -0.1) is 20.5 Å². The number of aromatic carboxylic acids is 2. The largest absolute Gasteiger partial charge is 2.00 e. The van der Waals surface area contributed by atoms with Crippen LogP contribution in [0.1, 0.15) is 20.7 Å². The van der Waals surface area contributed by atoms with Gasteiger partial charge in [0, 0.05) is 49.6 Å². The second-order valence-electron chi connectivity index (χ2n) is 14.5. The van der Waals surface area contributed by atoms with E-state index in [1.54, 1.807) is 73.8 Å². The maximum absolute atomic E-state index is 10.2. The first-order valence-corrected chi connectivity index (χ1v) is 25.1. The van der Waals surface area contributed by atoms with Gasteiger partial charge in [-0.05, 0) is 157 Å². The van der Waals surface area contributed by atoms with Crippen LogP contribution in [0.3, 0.4) is 0 Å². The average Bonchev–Trinajstić information content (AvgIpc) is 3.49. The number of ether oxygens (including phenoxy) is 2. The topological polar surface area (TPSA) is 386 Å². The maximum Gasteiger partial charge on any atom is 2.00 e. The predicted molar refractivity (Wildman–Crippen MR) is 265 cm³/mol. The van der Waals surface area contributed by atoms with Gasteiger partial charge in [-0.2, -0.15) is 0 Å². The Kier molecular flexibility index (Phi) is 35.4. The summed E-state index contributed by atoms with van der Waals surface area (Å²) in [6.07, 6.45) is 14.1. The molecule has 22 nitrogen and oxygen atoms in total. The summed E-state index contributed by atoms with van der Waals surface area (Å²) in [6, 6.07) is 58.4. The Labute approximate surface area is 496 Å². The van der Waals surface area contributed by atoms with E-state index < -0.39 is 32.4 Å². The van der Waals surface area contributed by atoms with Gasteiger partial charge in [-0.25, -0.2) is 37.3 Å². The summed E-state index contributed by atoms with van der Waals surface area (Å²) in [5.74, 6) is -1.08. The van der Waals surface area contributed by atoms with Crippen LogP contribution >= 0.6 is 0 Å². The Bertz CT molecular complexity index is 2680. The molecule has 2 radical (unpaired) electrons. The predicted octanol–water partition coefficient (Wildman–Crippen LogP) is -0.825. The SMILES string of the molecule is COc1ccc(C(=O)[O-])cc1.COc1ccc(C(=O)[O-])cc1.[Mn+2].[Mn+2].[O-][Cl+3]([O-])([O-])[O-].[O-][Cl+3]([O-])([O-])[O-].c1ccc(-c2ccccn2)nc1.c1ccc(-c2ccccn2)nc1.c1ccc(-c2ccccn2)nc1.c1ccc(-c2ccccn2)nc1. The van der Waals surface area contributed by atoms with Crippen molar-refractivity contribution in [2.75, 3.05) is 14.2 Å². The molecule has 0 bridgehead atoms. The minimum atomic E-state index is -4.94. The minimum Gasteiger partial charge on any atom is -0.545 e. The monoisotopic (exact) mass is 1230 g/mol. The third-order valence-electron chi connectivity index (χ3n) is 9.02. The molecule has 0 saturated heterocycles. The van der Waals surface area contributed by atoms with Crippen molar-refractivity contribution in [3.63, 3.8) is 0 Å². The maximum atomic E-state index is 10.2. The smallest absolute Gasteiger partial charge is 0.545 e. The minimum absolute atomic E-state index is 0. The van der Waals surface area contributed by atoms with Gasteiger partial charge in [0.2, 0.25) is 0 Å². The molecule has 26 heteroatoms. The number of halogens is 2. The van der Waals surface area contributed by atoms with E-state index in [9.17, 15) is 19.8 Å². The number of carboxylic acids is 2. The van der Waals surface area contributed by atoms with Crippen molar-refractivity contribution in [2.24, 2.45) is 0 Å². The van der Waals surface area contributed by atoms with Gasteiger partial charge < -0.3 is 29.3 Å². The molecule has 10 rings (SSSR count). The standard InChI is InChI=1S/4C10H8N2.2C8H8O3.2ClHO4.2Mn/c4*1-3-7-11-9(5-1)10-6-2-4-8-12-10;2*1-11-7-4-2-6(3-5-7)8(9)10;2*2-1(3,4)5;;/h4*1-8H;2*2-5H,1H3,(H,9,10);2*(H,2,3,4,5);;/q;;;;;;;;2*+2/p-4. The van der Waals surface area contributed by atoms with Gasteiger partial charge in [-0.1, -0.05) is 48.5 Å². The fourth-order valence-electron chi connectivity index (χ4n) is 5.57. The molecular formula is C56H46Cl2Mn2N8O14. The molecule has 0 aliphatic rings. The molecule has 10 aromatic rings. The second-order valence-corrected chi connectivity index (χ2v) is 16.0. The summed E-state index contributed by atoms with van der Waals surface area (Å²) < 4.78 is 77.6. The number of benzene rings is 2. The summed E-state index contributed by atoms with van der Waals surface area (Å²) in [6.45, 7) is 0. The molecule has 422 valence electrons. The van der Waals surface area contributed by atoms with Gasteiger partial charge in [0.05, 0.1) is 71.7 Å². The summed E-state index contributed by atoms with van der Waals surface area (Å²) in [5.41, 5.74) is 7.64. The molecule has 0 aliphatic heterocycles. The number of pyridine rings is 8. The number of hydrogen-bond acceptors (Lipinski definition) is 22. The van der Waals surface area contributed by atoms with Crippen molar-refractivity contribution in [3.05, 3.63) is 255 Å². The van der Waals surface area contributed by atoms with Crippen LogP contribution in [0.25, 0.3) is 45.6 Å². The van der Waals surface area contributed by atoms with Crippen molar-refractivity contribution >= 4 is 11.9 Å². The van der Waals surface area contributed by atoms with Crippen LogP contribution in [0, 0.1) is 20.5 Å². The van der Waals surface area contributed by atoms with Gasteiger partial charge in [0.1, 0.15) is 11.5 Å². The Morgan fingerprint density at radius 3 is 0.537 bits per heavy atom. The van der Waals surface area contributed by atoms with Crippen LogP contribution in [-0.4, -0.2) is 66.0 Å². The number of aromatic nitrogens is 8. The van der Waals surface area contributed by atoms with Gasteiger partial charge in [-0.3, -0.25) is 39.9 Å².